The SMILES string of the molecule is O=C1SCCN1[O-]. The first-order valence-corrected chi connectivity index (χ1v) is 2.90. The number of carbonyl (C=O) groups is 1. The summed E-state index contributed by atoms with van der Waals surface area (Å²) in [6, 6.07) is 0. The Kier molecular flexibility index (Phi) is 1.21. The predicted octanol–water partition coefficient (Wildman–Crippen LogP) is 0.653. The zero-order valence-corrected chi connectivity index (χ0v) is 4.40. The quantitative estimate of drug-likeness (QED) is 0.469. The van der Waals surface area contributed by atoms with Crippen molar-refractivity contribution >= 4 is 17.0 Å². The summed E-state index contributed by atoms with van der Waals surface area (Å²) in [6.07, 6.45) is 0. The van der Waals surface area contributed by atoms with Crippen LogP contribution < -0.4 is 0 Å². The van der Waals surface area contributed by atoms with Crippen LogP contribution in [0.25, 0.3) is 0 Å². The van der Waals surface area contributed by atoms with Gasteiger partial charge in [-0.3, -0.25) is 4.79 Å². The Morgan fingerprint density at radius 3 is 2.71 bits per heavy atom. The number of hydrogen-bond acceptors (Lipinski definition) is 3. The first-order valence-electron chi connectivity index (χ1n) is 1.92. The van der Waals surface area contributed by atoms with E-state index in [1.807, 2.05) is 0 Å². The van der Waals surface area contributed by atoms with Gasteiger partial charge in [0.2, 0.25) is 0 Å². The van der Waals surface area contributed by atoms with E-state index in [0.29, 0.717) is 17.4 Å². The molecule has 0 aliphatic carbocycles. The molecule has 4 heteroatoms. The maximum absolute atomic E-state index is 10.2. The minimum absolute atomic E-state index is 0.347. The van der Waals surface area contributed by atoms with Crippen LogP contribution in [0.15, 0.2) is 0 Å². The highest BCUT2D eigenvalue weighted by Gasteiger charge is 2.10. The molecule has 1 aliphatic heterocycles. The Labute approximate surface area is 45.3 Å². The third-order valence-electron chi connectivity index (χ3n) is 0.724. The van der Waals surface area contributed by atoms with Crippen molar-refractivity contribution in [2.24, 2.45) is 0 Å². The Balaban J connectivity index is 2.48. The summed E-state index contributed by atoms with van der Waals surface area (Å²) in [5.41, 5.74) is 0. The van der Waals surface area contributed by atoms with Crippen LogP contribution in [0.4, 0.5) is 4.79 Å². The van der Waals surface area contributed by atoms with Gasteiger partial charge in [-0.1, -0.05) is 11.8 Å². The molecule has 1 aliphatic rings. The third kappa shape index (κ3) is 0.863. The molecule has 3 nitrogen and oxygen atoms in total. The van der Waals surface area contributed by atoms with Crippen LogP contribution in [0, 0.1) is 5.21 Å². The highest BCUT2D eigenvalue weighted by atomic mass is 32.2. The van der Waals surface area contributed by atoms with E-state index < -0.39 is 0 Å². The van der Waals surface area contributed by atoms with Gasteiger partial charge in [0, 0.05) is 12.3 Å². The maximum atomic E-state index is 10.2. The van der Waals surface area contributed by atoms with Gasteiger partial charge >= 0.3 is 0 Å². The fourth-order valence-corrected chi connectivity index (χ4v) is 1.05. The molecule has 1 fully saturated rings. The second-order valence-electron chi connectivity index (χ2n) is 1.22. The van der Waals surface area contributed by atoms with Crippen LogP contribution >= 0.6 is 11.8 Å². The highest BCUT2D eigenvalue weighted by molar-refractivity contribution is 8.13. The van der Waals surface area contributed by atoms with Gasteiger partial charge in [0.25, 0.3) is 5.24 Å². The second kappa shape index (κ2) is 1.71. The fourth-order valence-electron chi connectivity index (χ4n) is 0.379. The molecule has 1 saturated heterocycles. The molecular formula is C3H4NO2S-. The van der Waals surface area contributed by atoms with Gasteiger partial charge in [0.1, 0.15) is 0 Å². The normalized spacial score (nSPS) is 21.3. The van der Waals surface area contributed by atoms with E-state index in [9.17, 15) is 10.0 Å². The van der Waals surface area contributed by atoms with Gasteiger partial charge in [-0.2, -0.15) is 0 Å². The average Bonchev–Trinajstić information content (AvgIpc) is 1.91. The van der Waals surface area contributed by atoms with Gasteiger partial charge in [0.05, 0.1) is 0 Å². The standard InChI is InChI=1S/C3H4NO2S/c5-3-4(6)1-2-7-3/h1-2H2/q-1. The number of rotatable bonds is 0. The summed E-state index contributed by atoms with van der Waals surface area (Å²) in [6.45, 7) is 0.365. The van der Waals surface area contributed by atoms with Gasteiger partial charge in [0.15, 0.2) is 0 Å². The molecule has 0 radical (unpaired) electrons. The summed E-state index contributed by atoms with van der Waals surface area (Å²) in [5, 5.41) is 10.2. The van der Waals surface area contributed by atoms with E-state index in [1.165, 1.54) is 0 Å². The summed E-state index contributed by atoms with van der Waals surface area (Å²) in [5.74, 6) is 0.655. The van der Waals surface area contributed by atoms with Crippen molar-refractivity contribution < 1.29 is 4.79 Å². The summed E-state index contributed by atoms with van der Waals surface area (Å²) >= 11 is 1.08. The largest absolute Gasteiger partial charge is 0.756 e. The van der Waals surface area contributed by atoms with Crippen molar-refractivity contribution in [1.82, 2.24) is 5.06 Å². The predicted molar refractivity (Wildman–Crippen MR) is 27.9 cm³/mol. The Bertz CT molecular complexity index is 94.9. The average molecular weight is 118 g/mol. The van der Waals surface area contributed by atoms with E-state index in [-0.39, 0.29) is 5.24 Å². The van der Waals surface area contributed by atoms with Crippen molar-refractivity contribution in [3.05, 3.63) is 5.21 Å². The lowest BCUT2D eigenvalue weighted by atomic mass is 10.8. The van der Waals surface area contributed by atoms with Crippen molar-refractivity contribution in [2.45, 2.75) is 0 Å². The van der Waals surface area contributed by atoms with E-state index >= 15 is 0 Å². The lowest BCUT2D eigenvalue weighted by Gasteiger charge is -2.18. The third-order valence-corrected chi connectivity index (χ3v) is 1.56. The highest BCUT2D eigenvalue weighted by Crippen LogP contribution is 2.14. The molecule has 1 heterocycles. The number of carbonyl (C=O) groups excluding carboxylic acids is 1. The molecule has 0 bridgehead atoms. The molecule has 0 N–H and O–H groups in total. The van der Waals surface area contributed by atoms with E-state index in [0.717, 1.165) is 11.8 Å². The lowest BCUT2D eigenvalue weighted by Crippen LogP contribution is -2.13. The first kappa shape index (κ1) is 4.93. The Morgan fingerprint density at radius 2 is 2.57 bits per heavy atom. The molecule has 0 spiro atoms. The number of nitrogens with zero attached hydrogens (tertiary/aromatic N) is 1. The molecule has 1 amide bonds. The van der Waals surface area contributed by atoms with Crippen LogP contribution in [0.5, 0.6) is 0 Å². The molecule has 0 aromatic carbocycles. The summed E-state index contributed by atoms with van der Waals surface area (Å²) < 4.78 is 0. The van der Waals surface area contributed by atoms with Crippen LogP contribution in [0.2, 0.25) is 0 Å². The molecule has 0 unspecified atom stereocenters. The van der Waals surface area contributed by atoms with Gasteiger partial charge in [-0.15, -0.1) is 0 Å². The minimum atomic E-state index is -0.347. The van der Waals surface area contributed by atoms with Crippen molar-refractivity contribution in [3.63, 3.8) is 0 Å². The smallest absolute Gasteiger partial charge is 0.271 e. The molecule has 40 valence electrons. The van der Waals surface area contributed by atoms with E-state index in [4.69, 9.17) is 0 Å². The van der Waals surface area contributed by atoms with Gasteiger partial charge < -0.3 is 10.3 Å². The zero-order valence-electron chi connectivity index (χ0n) is 3.59. The molecule has 0 saturated carbocycles. The van der Waals surface area contributed by atoms with E-state index in [2.05, 4.69) is 0 Å². The number of thioether (sulfide) groups is 1. The molecule has 0 atom stereocenters. The van der Waals surface area contributed by atoms with Crippen LogP contribution in [0.1, 0.15) is 0 Å². The zero-order chi connectivity index (χ0) is 5.28. The summed E-state index contributed by atoms with van der Waals surface area (Å²) in [4.78, 5) is 10.2. The monoisotopic (exact) mass is 118 g/mol. The molecule has 0 aromatic heterocycles. The second-order valence-corrected chi connectivity index (χ2v) is 2.26. The topological polar surface area (TPSA) is 43.4 Å². The van der Waals surface area contributed by atoms with Crippen molar-refractivity contribution in [2.75, 3.05) is 12.3 Å². The molecule has 0 aromatic rings. The van der Waals surface area contributed by atoms with Crippen LogP contribution in [-0.4, -0.2) is 22.6 Å². The first-order chi connectivity index (χ1) is 3.30. The van der Waals surface area contributed by atoms with Crippen LogP contribution in [0.3, 0.4) is 0 Å². The Morgan fingerprint density at radius 1 is 1.86 bits per heavy atom. The number of amides is 1. The lowest BCUT2D eigenvalue weighted by molar-refractivity contribution is 0.244. The minimum Gasteiger partial charge on any atom is -0.756 e. The van der Waals surface area contributed by atoms with Gasteiger partial charge in [-0.05, 0) is 0 Å². The molecular weight excluding hydrogens is 114 g/mol. The summed E-state index contributed by atoms with van der Waals surface area (Å²) in [7, 11) is 0. The maximum Gasteiger partial charge on any atom is 0.271 e. The van der Waals surface area contributed by atoms with Crippen molar-refractivity contribution in [3.8, 4) is 0 Å². The molecule has 1 rings (SSSR count). The van der Waals surface area contributed by atoms with E-state index in [1.54, 1.807) is 0 Å². The fraction of sp³-hybridized carbons (Fsp3) is 0.667. The number of hydrogen-bond donors (Lipinski definition) is 0. The van der Waals surface area contributed by atoms with Gasteiger partial charge in [-0.25, -0.2) is 0 Å². The number of hydroxylamine groups is 2. The van der Waals surface area contributed by atoms with Crippen LogP contribution in [-0.2, 0) is 0 Å². The van der Waals surface area contributed by atoms with Crippen molar-refractivity contribution in [1.29, 1.82) is 0 Å². The Hall–Kier alpha value is -0.220. The molecule has 7 heavy (non-hydrogen) atoms.